The molecule has 1 aromatic carbocycles. The predicted octanol–water partition coefficient (Wildman–Crippen LogP) is 3.26. The average molecular weight is 285 g/mol. The minimum atomic E-state index is 0.442. The topological polar surface area (TPSA) is 39.1 Å². The van der Waals surface area contributed by atoms with E-state index in [1.54, 1.807) is 7.11 Å². The number of fused-ring (bicyclic) bond motifs is 1. The van der Waals surface area contributed by atoms with Gasteiger partial charge in [0, 0.05) is 17.3 Å². The van der Waals surface area contributed by atoms with Crippen molar-refractivity contribution in [2.45, 2.75) is 38.6 Å². The highest BCUT2D eigenvalue weighted by atomic mass is 16.5. The fourth-order valence-electron chi connectivity index (χ4n) is 3.10. The smallest absolute Gasteiger partial charge is 0.144 e. The van der Waals surface area contributed by atoms with Crippen LogP contribution in [0.3, 0.4) is 0 Å². The Morgan fingerprint density at radius 1 is 1.38 bits per heavy atom. The maximum atomic E-state index is 5.48. The molecule has 0 aliphatic heterocycles. The van der Waals surface area contributed by atoms with E-state index in [9.17, 15) is 0 Å². The van der Waals surface area contributed by atoms with Gasteiger partial charge in [0.2, 0.25) is 0 Å². The molecule has 1 aliphatic carbocycles. The summed E-state index contributed by atoms with van der Waals surface area (Å²) in [6.45, 7) is 3.26. The number of methoxy groups -OCH3 is 1. The van der Waals surface area contributed by atoms with Gasteiger partial charge >= 0.3 is 0 Å². The Hall–Kier alpha value is -1.81. The predicted molar refractivity (Wildman–Crippen MR) is 84.1 cm³/mol. The largest absolute Gasteiger partial charge is 0.494 e. The van der Waals surface area contributed by atoms with Crippen LogP contribution in [-0.4, -0.2) is 23.4 Å². The van der Waals surface area contributed by atoms with Crippen molar-refractivity contribution in [2.24, 2.45) is 0 Å². The first-order valence-electron chi connectivity index (χ1n) is 7.78. The number of ether oxygens (including phenoxy) is 1. The molecule has 0 saturated carbocycles. The normalized spacial score (nSPS) is 17.5. The Labute approximate surface area is 126 Å². The Bertz CT molecular complexity index is 606. The van der Waals surface area contributed by atoms with Crippen molar-refractivity contribution in [3.05, 3.63) is 41.7 Å². The Morgan fingerprint density at radius 3 is 3.05 bits per heavy atom. The van der Waals surface area contributed by atoms with Gasteiger partial charge in [0.15, 0.2) is 0 Å². The lowest BCUT2D eigenvalue weighted by atomic mass is 9.93. The molecule has 0 bridgehead atoms. The number of hydrogen-bond acceptors (Lipinski definition) is 3. The second-order valence-electron chi connectivity index (χ2n) is 5.53. The van der Waals surface area contributed by atoms with Gasteiger partial charge in [-0.3, -0.25) is 0 Å². The molecule has 21 heavy (non-hydrogen) atoms. The monoisotopic (exact) mass is 285 g/mol. The summed E-state index contributed by atoms with van der Waals surface area (Å²) in [5, 5.41) is 8.27. The molecular formula is C17H23N3O. The third-order valence-electron chi connectivity index (χ3n) is 4.14. The van der Waals surface area contributed by atoms with E-state index >= 15 is 0 Å². The molecule has 112 valence electrons. The van der Waals surface area contributed by atoms with E-state index in [1.807, 2.05) is 29.1 Å². The maximum Gasteiger partial charge on any atom is 0.144 e. The van der Waals surface area contributed by atoms with Crippen LogP contribution in [0.25, 0.3) is 5.69 Å². The molecule has 1 aliphatic rings. The van der Waals surface area contributed by atoms with Crippen LogP contribution < -0.4 is 10.1 Å². The van der Waals surface area contributed by atoms with Crippen LogP contribution in [0.15, 0.2) is 30.5 Å². The molecule has 1 atom stereocenters. The molecule has 1 unspecified atom stereocenters. The minimum Gasteiger partial charge on any atom is -0.494 e. The summed E-state index contributed by atoms with van der Waals surface area (Å²) in [6, 6.07) is 8.51. The van der Waals surface area contributed by atoms with Crippen LogP contribution >= 0.6 is 0 Å². The van der Waals surface area contributed by atoms with E-state index in [0.717, 1.165) is 30.8 Å². The second kappa shape index (κ2) is 6.31. The standard InChI is InChI=1S/C17H23N3O/c1-3-11-18-14-7-6-9-15-13(14)12-19-20(15)16-8-4-5-10-17(16)21-2/h4-5,8,10,12,14,18H,3,6-7,9,11H2,1-2H3. The fraction of sp³-hybridized carbons (Fsp3) is 0.471. The van der Waals surface area contributed by atoms with Crippen molar-refractivity contribution in [1.82, 2.24) is 15.1 Å². The maximum absolute atomic E-state index is 5.48. The summed E-state index contributed by atoms with van der Waals surface area (Å²) in [4.78, 5) is 0. The molecule has 1 N–H and O–H groups in total. The Balaban J connectivity index is 1.97. The lowest BCUT2D eigenvalue weighted by Crippen LogP contribution is -2.25. The number of rotatable bonds is 5. The van der Waals surface area contributed by atoms with Crippen LogP contribution in [0.2, 0.25) is 0 Å². The van der Waals surface area contributed by atoms with Crippen LogP contribution in [0.1, 0.15) is 43.5 Å². The zero-order valence-corrected chi connectivity index (χ0v) is 12.8. The zero-order valence-electron chi connectivity index (χ0n) is 12.8. The van der Waals surface area contributed by atoms with Gasteiger partial charge in [-0.15, -0.1) is 0 Å². The van der Waals surface area contributed by atoms with E-state index in [0.29, 0.717) is 6.04 Å². The van der Waals surface area contributed by atoms with Crippen molar-refractivity contribution in [2.75, 3.05) is 13.7 Å². The summed E-state index contributed by atoms with van der Waals surface area (Å²) in [6.07, 6.45) is 6.66. The van der Waals surface area contributed by atoms with E-state index in [2.05, 4.69) is 23.4 Å². The van der Waals surface area contributed by atoms with Crippen LogP contribution in [0.4, 0.5) is 0 Å². The van der Waals surface area contributed by atoms with Gasteiger partial charge in [-0.25, -0.2) is 4.68 Å². The molecule has 0 radical (unpaired) electrons. The van der Waals surface area contributed by atoms with Crippen LogP contribution in [0.5, 0.6) is 5.75 Å². The van der Waals surface area contributed by atoms with Gasteiger partial charge in [0.25, 0.3) is 0 Å². The number of aromatic nitrogens is 2. The minimum absolute atomic E-state index is 0.442. The molecule has 1 aromatic heterocycles. The number of nitrogens with one attached hydrogen (secondary N) is 1. The van der Waals surface area contributed by atoms with Gasteiger partial charge in [-0.05, 0) is 44.4 Å². The van der Waals surface area contributed by atoms with E-state index < -0.39 is 0 Å². The summed E-state index contributed by atoms with van der Waals surface area (Å²) >= 11 is 0. The molecule has 0 saturated heterocycles. The molecule has 0 spiro atoms. The number of benzene rings is 1. The van der Waals surface area contributed by atoms with Crippen molar-refractivity contribution in [3.8, 4) is 11.4 Å². The first-order valence-corrected chi connectivity index (χ1v) is 7.78. The molecule has 3 rings (SSSR count). The zero-order chi connectivity index (χ0) is 14.7. The SMILES string of the molecule is CCCNC1CCCc2c1cnn2-c1ccccc1OC. The summed E-state index contributed by atoms with van der Waals surface area (Å²) in [5.74, 6) is 0.868. The average Bonchev–Trinajstić information content (AvgIpc) is 2.97. The van der Waals surface area contributed by atoms with Crippen molar-refractivity contribution in [1.29, 1.82) is 0 Å². The fourth-order valence-corrected chi connectivity index (χ4v) is 3.10. The van der Waals surface area contributed by atoms with Gasteiger partial charge in [0.05, 0.1) is 13.3 Å². The summed E-state index contributed by atoms with van der Waals surface area (Å²) in [5.41, 5.74) is 3.69. The number of hydrogen-bond donors (Lipinski definition) is 1. The van der Waals surface area contributed by atoms with Gasteiger partial charge in [-0.1, -0.05) is 19.1 Å². The lowest BCUT2D eigenvalue weighted by Gasteiger charge is -2.24. The third kappa shape index (κ3) is 2.68. The van der Waals surface area contributed by atoms with Gasteiger partial charge in [0.1, 0.15) is 11.4 Å². The van der Waals surface area contributed by atoms with Crippen LogP contribution in [0, 0.1) is 0 Å². The van der Waals surface area contributed by atoms with Crippen molar-refractivity contribution >= 4 is 0 Å². The number of nitrogens with zero attached hydrogens (tertiary/aromatic N) is 2. The van der Waals surface area contributed by atoms with Crippen LogP contribution in [-0.2, 0) is 6.42 Å². The molecule has 4 nitrogen and oxygen atoms in total. The van der Waals surface area contributed by atoms with Crippen molar-refractivity contribution in [3.63, 3.8) is 0 Å². The highest BCUT2D eigenvalue weighted by molar-refractivity contribution is 5.48. The molecule has 4 heteroatoms. The Morgan fingerprint density at radius 2 is 2.24 bits per heavy atom. The van der Waals surface area contributed by atoms with Gasteiger partial charge in [-0.2, -0.15) is 5.10 Å². The lowest BCUT2D eigenvalue weighted by molar-refractivity contribution is 0.410. The summed E-state index contributed by atoms with van der Waals surface area (Å²) < 4.78 is 7.52. The highest BCUT2D eigenvalue weighted by Gasteiger charge is 2.24. The van der Waals surface area contributed by atoms with E-state index in [4.69, 9.17) is 4.74 Å². The molecule has 0 amide bonds. The molecule has 2 aromatic rings. The number of para-hydroxylation sites is 2. The van der Waals surface area contributed by atoms with Gasteiger partial charge < -0.3 is 10.1 Å². The molecule has 0 fully saturated rings. The van der Waals surface area contributed by atoms with Crippen molar-refractivity contribution < 1.29 is 4.74 Å². The Kier molecular flexibility index (Phi) is 4.25. The van der Waals surface area contributed by atoms with E-state index in [1.165, 1.54) is 24.1 Å². The second-order valence-corrected chi connectivity index (χ2v) is 5.53. The highest BCUT2D eigenvalue weighted by Crippen LogP contribution is 2.33. The molecule has 1 heterocycles. The van der Waals surface area contributed by atoms with E-state index in [-0.39, 0.29) is 0 Å². The third-order valence-corrected chi connectivity index (χ3v) is 4.14. The summed E-state index contributed by atoms with van der Waals surface area (Å²) in [7, 11) is 1.71. The first kappa shape index (κ1) is 14.1. The quantitative estimate of drug-likeness (QED) is 0.916. The molecular weight excluding hydrogens is 262 g/mol. The first-order chi connectivity index (χ1) is 10.3.